The third-order valence-corrected chi connectivity index (χ3v) is 5.49. The number of carbonyl (C=O) groups is 1. The summed E-state index contributed by atoms with van der Waals surface area (Å²) in [5, 5.41) is 19.5. The van der Waals surface area contributed by atoms with E-state index in [0.717, 1.165) is 24.6 Å². The first-order chi connectivity index (χ1) is 13.2. The summed E-state index contributed by atoms with van der Waals surface area (Å²) >= 11 is 0. The van der Waals surface area contributed by atoms with Crippen molar-refractivity contribution in [2.24, 2.45) is 18.9 Å². The van der Waals surface area contributed by atoms with Crippen LogP contribution < -0.4 is 10.2 Å². The summed E-state index contributed by atoms with van der Waals surface area (Å²) in [6, 6.07) is 5.59. The second-order valence-corrected chi connectivity index (χ2v) is 7.08. The molecule has 0 saturated carbocycles. The van der Waals surface area contributed by atoms with E-state index in [0.29, 0.717) is 24.8 Å². The van der Waals surface area contributed by atoms with Crippen molar-refractivity contribution in [3.63, 3.8) is 0 Å². The fraction of sp³-hybridized carbons (Fsp3) is 0.471. The van der Waals surface area contributed by atoms with E-state index in [1.54, 1.807) is 34.8 Å². The highest BCUT2D eigenvalue weighted by Crippen LogP contribution is 2.35. The number of nitrogens with one attached hydrogen (secondary N) is 1. The first kappa shape index (κ1) is 16.2. The number of hydrogen-bond acceptors (Lipinski definition) is 7. The van der Waals surface area contributed by atoms with Gasteiger partial charge in [0.15, 0.2) is 5.65 Å². The van der Waals surface area contributed by atoms with Gasteiger partial charge in [-0.05, 0) is 18.2 Å². The van der Waals surface area contributed by atoms with Gasteiger partial charge in [0.2, 0.25) is 0 Å². The van der Waals surface area contributed by atoms with Crippen LogP contribution in [0, 0.1) is 11.8 Å². The highest BCUT2D eigenvalue weighted by Gasteiger charge is 2.44. The molecule has 0 bridgehead atoms. The van der Waals surface area contributed by atoms with Crippen molar-refractivity contribution >= 4 is 17.4 Å². The highest BCUT2D eigenvalue weighted by molar-refractivity contribution is 5.92. The molecule has 2 aliphatic rings. The molecule has 5 heterocycles. The monoisotopic (exact) mass is 368 g/mol. The molecule has 3 atom stereocenters. The Bertz CT molecular complexity index is 982. The second kappa shape index (κ2) is 6.31. The van der Waals surface area contributed by atoms with Crippen molar-refractivity contribution < 1.29 is 9.53 Å². The largest absolute Gasteiger partial charge is 0.376 e. The van der Waals surface area contributed by atoms with Crippen molar-refractivity contribution in [1.82, 2.24) is 34.9 Å². The average molecular weight is 368 g/mol. The Morgan fingerprint density at radius 3 is 3.11 bits per heavy atom. The van der Waals surface area contributed by atoms with Crippen LogP contribution >= 0.6 is 0 Å². The third kappa shape index (κ3) is 2.81. The fourth-order valence-electron chi connectivity index (χ4n) is 3.99. The normalized spacial score (nSPS) is 24.5. The van der Waals surface area contributed by atoms with Crippen LogP contribution in [0.3, 0.4) is 0 Å². The zero-order valence-corrected chi connectivity index (χ0v) is 14.9. The summed E-state index contributed by atoms with van der Waals surface area (Å²) < 4.78 is 9.24. The lowest BCUT2D eigenvalue weighted by Crippen LogP contribution is -2.35. The smallest absolute Gasteiger partial charge is 0.269 e. The van der Waals surface area contributed by atoms with Crippen LogP contribution in [0.5, 0.6) is 0 Å². The van der Waals surface area contributed by atoms with Crippen molar-refractivity contribution in [3.05, 3.63) is 36.4 Å². The van der Waals surface area contributed by atoms with Crippen LogP contribution in [-0.4, -0.2) is 67.8 Å². The molecular formula is C17H20N8O2. The number of nitrogens with zero attached hydrogens (tertiary/aromatic N) is 7. The molecular weight excluding hydrogens is 348 g/mol. The summed E-state index contributed by atoms with van der Waals surface area (Å²) in [4.78, 5) is 14.5. The molecule has 0 spiro atoms. The molecule has 0 unspecified atom stereocenters. The van der Waals surface area contributed by atoms with Crippen LogP contribution in [0.2, 0.25) is 0 Å². The molecule has 10 nitrogen and oxygen atoms in total. The summed E-state index contributed by atoms with van der Waals surface area (Å²) in [7, 11) is 1.76. The molecule has 10 heteroatoms. The van der Waals surface area contributed by atoms with Gasteiger partial charge in [0.1, 0.15) is 17.8 Å². The average Bonchev–Trinajstić information content (AvgIpc) is 3.43. The summed E-state index contributed by atoms with van der Waals surface area (Å²) in [6.07, 6.45) is 3.39. The first-order valence-electron chi connectivity index (χ1n) is 8.99. The summed E-state index contributed by atoms with van der Waals surface area (Å²) in [5.41, 5.74) is 1.29. The van der Waals surface area contributed by atoms with E-state index in [1.807, 2.05) is 12.1 Å². The summed E-state index contributed by atoms with van der Waals surface area (Å²) in [5.74, 6) is 1.44. The Balaban J connectivity index is 1.24. The maximum atomic E-state index is 12.3. The van der Waals surface area contributed by atoms with Crippen LogP contribution in [0.15, 0.2) is 30.7 Å². The highest BCUT2D eigenvalue weighted by atomic mass is 16.5. The van der Waals surface area contributed by atoms with E-state index < -0.39 is 0 Å². The SMILES string of the molecule is Cn1nccc1C(=O)NC[C@@H]1CO[C@H]2CN(c3ccc4nncn4n3)C[C@@H]12. The van der Waals surface area contributed by atoms with Gasteiger partial charge < -0.3 is 15.0 Å². The Kier molecular flexibility index (Phi) is 3.78. The maximum Gasteiger partial charge on any atom is 0.269 e. The van der Waals surface area contributed by atoms with Gasteiger partial charge in [0.25, 0.3) is 5.91 Å². The third-order valence-electron chi connectivity index (χ3n) is 5.49. The van der Waals surface area contributed by atoms with Crippen LogP contribution in [0.25, 0.3) is 5.65 Å². The molecule has 0 radical (unpaired) electrons. The van der Waals surface area contributed by atoms with Gasteiger partial charge in [0, 0.05) is 44.7 Å². The molecule has 2 aliphatic heterocycles. The Labute approximate surface area is 155 Å². The van der Waals surface area contributed by atoms with E-state index in [4.69, 9.17) is 4.74 Å². The second-order valence-electron chi connectivity index (χ2n) is 7.08. The lowest BCUT2D eigenvalue weighted by atomic mass is 9.93. The van der Waals surface area contributed by atoms with Gasteiger partial charge in [-0.3, -0.25) is 9.48 Å². The lowest BCUT2D eigenvalue weighted by Gasteiger charge is -2.20. The Morgan fingerprint density at radius 2 is 2.26 bits per heavy atom. The number of amides is 1. The molecule has 1 amide bonds. The van der Waals surface area contributed by atoms with Gasteiger partial charge in [-0.2, -0.15) is 9.61 Å². The van der Waals surface area contributed by atoms with Crippen molar-refractivity contribution in [3.8, 4) is 0 Å². The number of rotatable bonds is 4. The minimum absolute atomic E-state index is 0.104. The van der Waals surface area contributed by atoms with Crippen molar-refractivity contribution in [1.29, 1.82) is 0 Å². The lowest BCUT2D eigenvalue weighted by molar-refractivity contribution is 0.0930. The predicted molar refractivity (Wildman–Crippen MR) is 95.3 cm³/mol. The number of aromatic nitrogens is 6. The van der Waals surface area contributed by atoms with E-state index in [1.165, 1.54) is 0 Å². The minimum Gasteiger partial charge on any atom is -0.376 e. The minimum atomic E-state index is -0.104. The molecule has 5 rings (SSSR count). The van der Waals surface area contributed by atoms with Crippen molar-refractivity contribution in [2.45, 2.75) is 6.10 Å². The van der Waals surface area contributed by atoms with Gasteiger partial charge in [-0.25, -0.2) is 0 Å². The van der Waals surface area contributed by atoms with E-state index in [2.05, 4.69) is 30.6 Å². The molecule has 140 valence electrons. The number of carbonyl (C=O) groups excluding carboxylic acids is 1. The van der Waals surface area contributed by atoms with Gasteiger partial charge in [-0.1, -0.05) is 0 Å². The number of anilines is 1. The zero-order valence-electron chi connectivity index (χ0n) is 14.9. The Morgan fingerprint density at radius 1 is 1.33 bits per heavy atom. The molecule has 0 aliphatic carbocycles. The molecule has 2 saturated heterocycles. The van der Waals surface area contributed by atoms with E-state index in [-0.39, 0.29) is 17.9 Å². The topological polar surface area (TPSA) is 102 Å². The zero-order chi connectivity index (χ0) is 18.4. The molecule has 0 aromatic carbocycles. The van der Waals surface area contributed by atoms with Gasteiger partial charge >= 0.3 is 0 Å². The van der Waals surface area contributed by atoms with Crippen LogP contribution in [-0.2, 0) is 11.8 Å². The standard InChI is InChI=1S/C17H20N8O2/c1-23-13(4-5-20-23)17(26)18-6-11-9-27-14-8-24(7-12(11)14)16-3-2-15-21-19-10-25(15)22-16/h2-5,10-12,14H,6-9H2,1H3,(H,18,26)/t11-,12+,14+/m1/s1. The molecule has 27 heavy (non-hydrogen) atoms. The first-order valence-corrected chi connectivity index (χ1v) is 8.99. The number of hydrogen-bond donors (Lipinski definition) is 1. The predicted octanol–water partition coefficient (Wildman–Crippen LogP) is -0.261. The fourth-order valence-corrected chi connectivity index (χ4v) is 3.99. The molecule has 2 fully saturated rings. The molecule has 3 aromatic rings. The van der Waals surface area contributed by atoms with Crippen molar-refractivity contribution in [2.75, 3.05) is 31.1 Å². The van der Waals surface area contributed by atoms with Crippen LogP contribution in [0.4, 0.5) is 5.82 Å². The van der Waals surface area contributed by atoms with Crippen LogP contribution in [0.1, 0.15) is 10.5 Å². The molecule has 1 N–H and O–H groups in total. The maximum absolute atomic E-state index is 12.3. The molecule has 3 aromatic heterocycles. The summed E-state index contributed by atoms with van der Waals surface area (Å²) in [6.45, 7) is 2.93. The van der Waals surface area contributed by atoms with E-state index in [9.17, 15) is 4.79 Å². The number of ether oxygens (including phenoxy) is 1. The van der Waals surface area contributed by atoms with Gasteiger partial charge in [0.05, 0.1) is 12.7 Å². The Hall–Kier alpha value is -3.01. The number of aryl methyl sites for hydroxylation is 1. The quantitative estimate of drug-likeness (QED) is 0.677. The number of fused-ring (bicyclic) bond motifs is 2. The van der Waals surface area contributed by atoms with Gasteiger partial charge in [-0.15, -0.1) is 15.3 Å². The van der Waals surface area contributed by atoms with E-state index >= 15 is 0 Å².